The number of esters is 4. The first kappa shape index (κ1) is 96.1. The van der Waals surface area contributed by atoms with Gasteiger partial charge in [-0.3, -0.25) is 37.3 Å². The fourth-order valence-electron chi connectivity index (χ4n) is 12.1. The molecule has 0 amide bonds. The second-order valence-electron chi connectivity index (χ2n) is 29.6. The van der Waals surface area contributed by atoms with E-state index in [2.05, 4.69) is 48.5 Å². The van der Waals surface area contributed by atoms with E-state index in [9.17, 15) is 43.2 Å². The van der Waals surface area contributed by atoms with Gasteiger partial charge in [-0.1, -0.05) is 357 Å². The molecule has 0 aliphatic carbocycles. The van der Waals surface area contributed by atoms with Crippen LogP contribution in [0.15, 0.2) is 0 Å². The summed E-state index contributed by atoms with van der Waals surface area (Å²) in [7, 11) is -9.92. The number of phosphoric acid groups is 2. The highest BCUT2D eigenvalue weighted by Gasteiger charge is 2.30. The lowest BCUT2D eigenvalue weighted by molar-refractivity contribution is -0.161. The molecule has 0 spiro atoms. The number of aliphatic hydroxyl groups is 1. The zero-order chi connectivity index (χ0) is 72.3. The Morgan fingerprint density at radius 2 is 0.520 bits per heavy atom. The van der Waals surface area contributed by atoms with Gasteiger partial charge < -0.3 is 33.8 Å². The molecule has 0 aromatic carbocycles. The molecule has 3 N–H and O–H groups in total. The van der Waals surface area contributed by atoms with Crippen LogP contribution in [0, 0.1) is 17.8 Å². The molecule has 3 unspecified atom stereocenters. The molecule has 0 saturated heterocycles. The van der Waals surface area contributed by atoms with Gasteiger partial charge in [0.1, 0.15) is 19.3 Å². The number of aliphatic hydroxyl groups excluding tert-OH is 1. The molecule has 19 heteroatoms. The van der Waals surface area contributed by atoms with E-state index in [1.54, 1.807) is 0 Å². The maximum absolute atomic E-state index is 13.1. The third-order valence-electron chi connectivity index (χ3n) is 18.7. The number of hydrogen-bond acceptors (Lipinski definition) is 15. The molecule has 0 bridgehead atoms. The molecule has 98 heavy (non-hydrogen) atoms. The summed E-state index contributed by atoms with van der Waals surface area (Å²) in [5, 5.41) is 10.6. The van der Waals surface area contributed by atoms with Crippen molar-refractivity contribution in [2.45, 2.75) is 426 Å². The van der Waals surface area contributed by atoms with Crippen molar-refractivity contribution in [1.82, 2.24) is 0 Å². The van der Waals surface area contributed by atoms with Gasteiger partial charge in [-0.25, -0.2) is 9.13 Å². The van der Waals surface area contributed by atoms with Crippen molar-refractivity contribution < 1.29 is 80.2 Å². The standard InChI is InChI=1S/C79H154O17P2/c1-8-10-11-12-13-14-15-16-17-18-22-25-31-39-46-53-60-76(81)89-66-74(95-78(83)62-55-48-41-32-26-23-20-19-21-24-30-38-45-52-59-72(7)9-2)68-93-97(85,86)91-64-73(80)65-92-98(87,88)94-69-75(67-90-77(82)61-54-47-40-35-34-37-44-51-58-71(5)6)96-79(84)63-56-49-42-33-28-27-29-36-43-50-57-70(3)4/h70-75,80H,8-69H2,1-7H3,(H,85,86)(H,87,88)/t72?,73-,74-,75-/m1/s1. The molecule has 0 heterocycles. The fraction of sp³-hybridized carbons (Fsp3) is 0.949. The zero-order valence-electron chi connectivity index (χ0n) is 64.3. The van der Waals surface area contributed by atoms with Crippen LogP contribution < -0.4 is 0 Å². The average molecular weight is 1440 g/mol. The molecule has 17 nitrogen and oxygen atoms in total. The van der Waals surface area contributed by atoms with Crippen molar-refractivity contribution in [3.63, 3.8) is 0 Å². The first-order chi connectivity index (χ1) is 47.3. The molecule has 0 aromatic heterocycles. The topological polar surface area (TPSA) is 237 Å². The lowest BCUT2D eigenvalue weighted by Crippen LogP contribution is -2.30. The van der Waals surface area contributed by atoms with Crippen LogP contribution in [0.3, 0.4) is 0 Å². The third-order valence-corrected chi connectivity index (χ3v) is 20.6. The number of unbranched alkanes of at least 4 members (excludes halogenated alkanes) is 44. The predicted molar refractivity (Wildman–Crippen MR) is 400 cm³/mol. The highest BCUT2D eigenvalue weighted by molar-refractivity contribution is 7.47. The lowest BCUT2D eigenvalue weighted by atomic mass is 9.99. The minimum atomic E-state index is -4.96. The number of carbonyl (C=O) groups excluding carboxylic acids is 4. The molecule has 6 atom stereocenters. The van der Waals surface area contributed by atoms with E-state index in [1.165, 1.54) is 218 Å². The van der Waals surface area contributed by atoms with Crippen molar-refractivity contribution in [2.24, 2.45) is 17.8 Å². The largest absolute Gasteiger partial charge is 0.472 e. The van der Waals surface area contributed by atoms with Gasteiger partial charge >= 0.3 is 39.5 Å². The van der Waals surface area contributed by atoms with Crippen LogP contribution in [0.25, 0.3) is 0 Å². The summed E-state index contributed by atoms with van der Waals surface area (Å²) in [5.74, 6) is 0.211. The SMILES string of the molecule is CCCCCCCCCCCCCCCCCCC(=O)OC[C@H](COP(=O)(O)OC[C@@H](O)COP(=O)(O)OC[C@@H](COC(=O)CCCCCCCCCCC(C)C)OC(=O)CCCCCCCCCCCCC(C)C)OC(=O)CCCCCCCCCCCCCCCCC(C)CC. The number of rotatable bonds is 77. The quantitative estimate of drug-likeness (QED) is 0.0222. The average Bonchev–Trinajstić information content (AvgIpc) is 0.966. The van der Waals surface area contributed by atoms with Crippen LogP contribution in [0.1, 0.15) is 408 Å². The van der Waals surface area contributed by atoms with Crippen LogP contribution in [0.5, 0.6) is 0 Å². The van der Waals surface area contributed by atoms with E-state index in [4.69, 9.17) is 37.0 Å². The van der Waals surface area contributed by atoms with Crippen LogP contribution in [0.2, 0.25) is 0 Å². The Labute approximate surface area is 600 Å². The second kappa shape index (κ2) is 69.4. The summed E-state index contributed by atoms with van der Waals surface area (Å²) in [6.07, 6.45) is 56.8. The molecule has 0 rings (SSSR count). The summed E-state index contributed by atoms with van der Waals surface area (Å²) in [5.41, 5.74) is 0. The molecule has 0 aromatic rings. The van der Waals surface area contributed by atoms with Crippen LogP contribution >= 0.6 is 15.6 Å². The van der Waals surface area contributed by atoms with Gasteiger partial charge in [-0.2, -0.15) is 0 Å². The van der Waals surface area contributed by atoms with E-state index >= 15 is 0 Å². The molecule has 0 aliphatic heterocycles. The first-order valence-electron chi connectivity index (χ1n) is 40.9. The van der Waals surface area contributed by atoms with E-state index in [1.807, 2.05) is 0 Å². The van der Waals surface area contributed by atoms with Crippen LogP contribution in [-0.2, 0) is 65.4 Å². The number of carbonyl (C=O) groups is 4. The van der Waals surface area contributed by atoms with Gasteiger partial charge in [0.15, 0.2) is 12.2 Å². The normalized spacial score (nSPS) is 14.3. The summed E-state index contributed by atoms with van der Waals surface area (Å²) in [6.45, 7) is 11.9. The van der Waals surface area contributed by atoms with Crippen molar-refractivity contribution in [2.75, 3.05) is 39.6 Å². The molecule has 0 fully saturated rings. The predicted octanol–water partition coefficient (Wildman–Crippen LogP) is 23.4. The van der Waals surface area contributed by atoms with Crippen molar-refractivity contribution in [1.29, 1.82) is 0 Å². The van der Waals surface area contributed by atoms with Gasteiger partial charge in [0, 0.05) is 25.7 Å². The fourth-order valence-corrected chi connectivity index (χ4v) is 13.7. The maximum atomic E-state index is 13.1. The van der Waals surface area contributed by atoms with E-state index in [-0.39, 0.29) is 25.7 Å². The van der Waals surface area contributed by atoms with Gasteiger partial charge in [-0.15, -0.1) is 0 Å². The minimum absolute atomic E-state index is 0.105. The van der Waals surface area contributed by atoms with Gasteiger partial charge in [0.2, 0.25) is 0 Å². The summed E-state index contributed by atoms with van der Waals surface area (Å²) in [6, 6.07) is 0. The highest BCUT2D eigenvalue weighted by atomic mass is 31.2. The van der Waals surface area contributed by atoms with Gasteiger partial charge in [-0.05, 0) is 43.4 Å². The summed E-state index contributed by atoms with van der Waals surface area (Å²) >= 11 is 0. The Hall–Kier alpha value is -1.94. The second-order valence-corrected chi connectivity index (χ2v) is 32.6. The summed E-state index contributed by atoms with van der Waals surface area (Å²) in [4.78, 5) is 73.0. The highest BCUT2D eigenvalue weighted by Crippen LogP contribution is 2.45. The van der Waals surface area contributed by atoms with Gasteiger partial charge in [0.25, 0.3) is 0 Å². The monoisotopic (exact) mass is 1440 g/mol. The van der Waals surface area contributed by atoms with E-state index in [0.717, 1.165) is 108 Å². The Balaban J connectivity index is 5.26. The van der Waals surface area contributed by atoms with Crippen LogP contribution in [-0.4, -0.2) is 96.7 Å². The Kier molecular flexibility index (Phi) is 68.1. The molecular weight excluding hydrogens is 1280 g/mol. The Morgan fingerprint density at radius 3 is 0.776 bits per heavy atom. The Bertz CT molecular complexity index is 1910. The molecule has 0 radical (unpaired) electrons. The number of ether oxygens (including phenoxy) is 4. The third kappa shape index (κ3) is 71.1. The van der Waals surface area contributed by atoms with E-state index < -0.39 is 97.5 Å². The zero-order valence-corrected chi connectivity index (χ0v) is 66.0. The maximum Gasteiger partial charge on any atom is 0.472 e. The molecule has 0 saturated carbocycles. The minimum Gasteiger partial charge on any atom is -0.462 e. The molecule has 0 aliphatic rings. The van der Waals surface area contributed by atoms with Crippen molar-refractivity contribution in [3.8, 4) is 0 Å². The Morgan fingerprint density at radius 1 is 0.296 bits per heavy atom. The smallest absolute Gasteiger partial charge is 0.462 e. The van der Waals surface area contributed by atoms with Crippen molar-refractivity contribution in [3.05, 3.63) is 0 Å². The molecular formula is C79H154O17P2. The van der Waals surface area contributed by atoms with Crippen LogP contribution in [0.4, 0.5) is 0 Å². The van der Waals surface area contributed by atoms with E-state index in [0.29, 0.717) is 25.7 Å². The number of phosphoric ester groups is 2. The molecule has 582 valence electrons. The van der Waals surface area contributed by atoms with Gasteiger partial charge in [0.05, 0.1) is 26.4 Å². The number of hydrogen-bond donors (Lipinski definition) is 3. The summed E-state index contributed by atoms with van der Waals surface area (Å²) < 4.78 is 68.7. The first-order valence-corrected chi connectivity index (χ1v) is 43.9. The lowest BCUT2D eigenvalue weighted by Gasteiger charge is -2.21. The van der Waals surface area contributed by atoms with Crippen molar-refractivity contribution >= 4 is 39.5 Å².